The van der Waals surface area contributed by atoms with E-state index >= 15 is 4.39 Å². The van der Waals surface area contributed by atoms with Crippen molar-refractivity contribution in [3.05, 3.63) is 118 Å². The second-order valence-electron chi connectivity index (χ2n) is 15.8. The van der Waals surface area contributed by atoms with Gasteiger partial charge in [0.2, 0.25) is 0 Å². The van der Waals surface area contributed by atoms with Crippen molar-refractivity contribution in [2.75, 3.05) is 53.5 Å². The molecule has 1 aromatic heterocycles. The summed E-state index contributed by atoms with van der Waals surface area (Å²) in [7, 11) is 2.90. The van der Waals surface area contributed by atoms with E-state index in [1.54, 1.807) is 28.1 Å². The first kappa shape index (κ1) is 53.1. The molecule has 2 aliphatic heterocycles. The lowest BCUT2D eigenvalue weighted by Crippen LogP contribution is -2.47. The molecule has 3 heterocycles. The summed E-state index contributed by atoms with van der Waals surface area (Å²) in [6.07, 6.45) is 25.1. The van der Waals surface area contributed by atoms with E-state index in [1.165, 1.54) is 129 Å². The number of fused-ring (bicyclic) bond motifs is 1. The lowest BCUT2D eigenvalue weighted by Gasteiger charge is -2.40. The van der Waals surface area contributed by atoms with Crippen LogP contribution in [0.15, 0.2) is 102 Å². The van der Waals surface area contributed by atoms with Gasteiger partial charge >= 0.3 is 0 Å². The number of hydrogen-bond acceptors (Lipinski definition) is 6. The summed E-state index contributed by atoms with van der Waals surface area (Å²) < 4.78 is 18.2. The van der Waals surface area contributed by atoms with Crippen molar-refractivity contribution in [3.63, 3.8) is 0 Å². The molecule has 0 aliphatic carbocycles. The van der Waals surface area contributed by atoms with Gasteiger partial charge in [-0.1, -0.05) is 121 Å². The fourth-order valence-corrected chi connectivity index (χ4v) is 10.5. The Bertz CT molecular complexity index is 1740. The Hall–Kier alpha value is -2.99. The molecule has 3 unspecified atom stereocenters. The molecule has 0 amide bonds. The van der Waals surface area contributed by atoms with Crippen molar-refractivity contribution in [1.82, 2.24) is 14.5 Å². The molecule has 3 aromatic rings. The summed E-state index contributed by atoms with van der Waals surface area (Å²) in [5, 5.41) is 1.21. The van der Waals surface area contributed by atoms with Crippen LogP contribution in [0.5, 0.6) is 0 Å². The van der Waals surface area contributed by atoms with E-state index in [-0.39, 0.29) is 6.54 Å². The molecule has 2 saturated heterocycles. The van der Waals surface area contributed by atoms with Crippen LogP contribution in [0.25, 0.3) is 16.2 Å². The smallest absolute Gasteiger partial charge is 0.183 e. The van der Waals surface area contributed by atoms with Crippen LogP contribution in [-0.2, 0) is 11.0 Å². The third-order valence-electron chi connectivity index (χ3n) is 11.2. The van der Waals surface area contributed by atoms with Gasteiger partial charge in [-0.2, -0.15) is 0 Å². The van der Waals surface area contributed by atoms with Crippen LogP contribution in [0, 0.1) is 5.92 Å². The second kappa shape index (κ2) is 31.8. The summed E-state index contributed by atoms with van der Waals surface area (Å²) in [5.41, 5.74) is 12.6. The minimum Gasteiger partial charge on any atom is -0.333 e. The van der Waals surface area contributed by atoms with Crippen LogP contribution in [0.2, 0.25) is 0 Å². The normalized spacial score (nSPS) is 16.9. The summed E-state index contributed by atoms with van der Waals surface area (Å²) in [6.45, 7) is 22.0. The van der Waals surface area contributed by atoms with E-state index in [9.17, 15) is 4.79 Å². The highest BCUT2D eigenvalue weighted by atomic mass is 32.1. The van der Waals surface area contributed by atoms with Crippen molar-refractivity contribution in [3.8, 4) is 0 Å². The zero-order chi connectivity index (χ0) is 44.1. The fraction of sp³-hybridized carbons (Fsp3) is 0.538. The quantitative estimate of drug-likeness (QED) is 0.0289. The van der Waals surface area contributed by atoms with Gasteiger partial charge in [-0.3, -0.25) is 0 Å². The summed E-state index contributed by atoms with van der Waals surface area (Å²) in [4.78, 5) is 17.5. The monoisotopic (exact) mass is 859 g/mol. The van der Waals surface area contributed by atoms with Gasteiger partial charge in [0, 0.05) is 46.4 Å². The number of aldehydes is 1. The molecule has 0 spiro atoms. The van der Waals surface area contributed by atoms with Crippen LogP contribution >= 0.6 is 19.4 Å². The number of nitrogens with two attached hydrogens (primary N) is 1. The first-order valence-corrected chi connectivity index (χ1v) is 25.5. The Balaban J connectivity index is 0.000000446. The first-order chi connectivity index (χ1) is 29.2. The molecule has 5 rings (SSSR count). The topological polar surface area (TPSA) is 52.8 Å². The standard InChI is InChI=1S/C31H38FN2OPS.C15H25N.C5H12.CH5N/c1-33-19-11-15-28(33)14-9-4-3-5-10-16-29-23-27-22-25(17-18-30(27)37-29)24-36(2)34(20-21-35)31(32)26-12-7-6-8-13-26;1-5-9-13(10-6-2)15(7-3)14-11-16(8-4)12-14;1-3-5-4-2;1-2/h5-8,12-13,16-18,21-23,28,31H,3-4,9,11,14-15,19-20,24H2,1-2H3;5,7,9,14H,3,6,8,10-12H2,1-2,4H3;3-5H2,1-2H3;2H2,1H3/b;9-5-,15-13-;;. The van der Waals surface area contributed by atoms with Crippen molar-refractivity contribution in [2.24, 2.45) is 11.7 Å². The van der Waals surface area contributed by atoms with Gasteiger partial charge in [0.1, 0.15) is 6.29 Å². The van der Waals surface area contributed by atoms with Gasteiger partial charge in [0.15, 0.2) is 6.30 Å². The molecular weight excluding hydrogens is 779 g/mol. The molecule has 0 saturated carbocycles. The number of thiophene rings is 1. The van der Waals surface area contributed by atoms with E-state index in [2.05, 4.69) is 131 Å². The predicted octanol–water partition coefficient (Wildman–Crippen LogP) is 14.0. The Morgan fingerprint density at radius 3 is 2.37 bits per heavy atom. The number of allylic oxidation sites excluding steroid dienone is 5. The third-order valence-corrected chi connectivity index (χ3v) is 14.4. The van der Waals surface area contributed by atoms with Crippen LogP contribution in [0.3, 0.4) is 0 Å². The first-order valence-electron chi connectivity index (χ1n) is 22.7. The summed E-state index contributed by atoms with van der Waals surface area (Å²) >= 11 is 1.77. The number of hydrogen-bond donors (Lipinski definition) is 1. The molecule has 3 atom stereocenters. The number of halogens is 1. The lowest BCUT2D eigenvalue weighted by molar-refractivity contribution is -0.108. The average molecular weight is 859 g/mol. The van der Waals surface area contributed by atoms with Crippen LogP contribution < -0.4 is 5.73 Å². The molecular formula is C52H80FN4OPS. The Labute approximate surface area is 371 Å². The molecule has 5 nitrogen and oxygen atoms in total. The van der Waals surface area contributed by atoms with Gasteiger partial charge in [0.05, 0.1) is 6.54 Å². The highest BCUT2D eigenvalue weighted by molar-refractivity contribution is 7.53. The molecule has 2 fully saturated rings. The molecule has 60 heavy (non-hydrogen) atoms. The van der Waals surface area contributed by atoms with E-state index in [4.69, 9.17) is 0 Å². The Kier molecular flexibility index (Phi) is 28.2. The SMILES string of the molecule is C=C/C(=C(\C=C/C)CCC)C1CN(CC)C1.CCCCC.CN.CN1CCCC1CCCCC=C=Cc1cc2cc(CP(C)N(CC=O)C(F)c3ccccc3)ccc2s1. The van der Waals surface area contributed by atoms with E-state index < -0.39 is 14.4 Å². The van der Waals surface area contributed by atoms with E-state index in [1.807, 2.05) is 18.2 Å². The number of benzene rings is 2. The fourth-order valence-electron chi connectivity index (χ4n) is 7.83. The third kappa shape index (κ3) is 18.5. The zero-order valence-corrected chi connectivity index (χ0v) is 40.4. The minimum atomic E-state index is -1.28. The van der Waals surface area contributed by atoms with Crippen molar-refractivity contribution >= 4 is 41.9 Å². The average Bonchev–Trinajstić information content (AvgIpc) is 3.86. The lowest BCUT2D eigenvalue weighted by atomic mass is 9.86. The predicted molar refractivity (Wildman–Crippen MR) is 266 cm³/mol. The highest BCUT2D eigenvalue weighted by Crippen LogP contribution is 2.46. The number of carbonyl (C=O) groups is 1. The zero-order valence-electron chi connectivity index (χ0n) is 38.7. The number of rotatable bonds is 21. The molecule has 0 radical (unpaired) electrons. The van der Waals surface area contributed by atoms with Crippen LogP contribution in [-0.4, -0.2) is 80.3 Å². The minimum absolute atomic E-state index is 0.0951. The van der Waals surface area contributed by atoms with Gasteiger partial charge in [-0.15, -0.1) is 17.1 Å². The maximum absolute atomic E-state index is 15.3. The van der Waals surface area contributed by atoms with E-state index in [0.717, 1.165) is 30.8 Å². The van der Waals surface area contributed by atoms with E-state index in [0.29, 0.717) is 5.56 Å². The Morgan fingerprint density at radius 2 is 1.78 bits per heavy atom. The molecule has 332 valence electrons. The maximum atomic E-state index is 15.3. The summed E-state index contributed by atoms with van der Waals surface area (Å²) in [6, 6.07) is 18.6. The molecule has 0 bridgehead atoms. The van der Waals surface area contributed by atoms with Gasteiger partial charge in [0.25, 0.3) is 0 Å². The van der Waals surface area contributed by atoms with Crippen molar-refractivity contribution < 1.29 is 9.18 Å². The molecule has 2 aromatic carbocycles. The van der Waals surface area contributed by atoms with Crippen LogP contribution in [0.1, 0.15) is 128 Å². The van der Waals surface area contributed by atoms with Gasteiger partial charge in [-0.05, 0) is 140 Å². The number of likely N-dealkylation sites (tertiary alicyclic amines) is 2. The molecule has 2 aliphatic rings. The van der Waals surface area contributed by atoms with Crippen molar-refractivity contribution in [2.45, 2.75) is 124 Å². The number of unbranched alkanes of at least 4 members (excludes halogenated alkanes) is 4. The second-order valence-corrected chi connectivity index (χ2v) is 19.0. The van der Waals surface area contributed by atoms with Crippen molar-refractivity contribution in [1.29, 1.82) is 0 Å². The number of nitrogens with zero attached hydrogens (tertiary/aromatic N) is 3. The highest BCUT2D eigenvalue weighted by Gasteiger charge is 2.28. The van der Waals surface area contributed by atoms with Crippen LogP contribution in [0.4, 0.5) is 4.39 Å². The number of carbonyl (C=O) groups excluding carboxylic acids is 1. The largest absolute Gasteiger partial charge is 0.333 e. The van der Waals surface area contributed by atoms with Gasteiger partial charge < -0.3 is 20.3 Å². The summed E-state index contributed by atoms with van der Waals surface area (Å²) in [5.74, 6) is 0.718. The molecule has 2 N–H and O–H groups in total. The van der Waals surface area contributed by atoms with Gasteiger partial charge in [-0.25, -0.2) is 9.06 Å². The molecule has 8 heteroatoms. The Morgan fingerprint density at radius 1 is 1.05 bits per heavy atom. The maximum Gasteiger partial charge on any atom is 0.183 e. The number of alkyl halides is 1.